The summed E-state index contributed by atoms with van der Waals surface area (Å²) in [6, 6.07) is 9.08. The van der Waals surface area contributed by atoms with Crippen molar-refractivity contribution in [3.63, 3.8) is 0 Å². The van der Waals surface area contributed by atoms with Crippen molar-refractivity contribution in [1.29, 1.82) is 0 Å². The van der Waals surface area contributed by atoms with Gasteiger partial charge in [-0.15, -0.1) is 0 Å². The molecule has 0 spiro atoms. The Morgan fingerprint density at radius 1 is 1.05 bits per heavy atom. The molecule has 0 saturated carbocycles. The van der Waals surface area contributed by atoms with E-state index in [9.17, 15) is 0 Å². The van der Waals surface area contributed by atoms with Crippen molar-refractivity contribution >= 4 is 11.6 Å². The van der Waals surface area contributed by atoms with Crippen LogP contribution in [0.3, 0.4) is 0 Å². The number of nitrogens with two attached hydrogens (primary N) is 1. The summed E-state index contributed by atoms with van der Waals surface area (Å²) in [5, 5.41) is 0.786. The van der Waals surface area contributed by atoms with Crippen molar-refractivity contribution in [2.45, 2.75) is 38.9 Å². The third kappa shape index (κ3) is 3.73. The van der Waals surface area contributed by atoms with Crippen LogP contribution in [0.2, 0.25) is 5.02 Å². The highest BCUT2D eigenvalue weighted by molar-refractivity contribution is 6.30. The zero-order valence-corrected chi connectivity index (χ0v) is 13.5. The maximum absolute atomic E-state index is 6.25. The second kappa shape index (κ2) is 6.90. The minimum atomic E-state index is 0.0964. The number of rotatable bonds is 4. The first kappa shape index (κ1) is 15.8. The van der Waals surface area contributed by atoms with Crippen molar-refractivity contribution < 1.29 is 0 Å². The van der Waals surface area contributed by atoms with Crippen LogP contribution in [0.4, 0.5) is 0 Å². The highest BCUT2D eigenvalue weighted by Gasteiger charge is 2.28. The van der Waals surface area contributed by atoms with Gasteiger partial charge in [-0.2, -0.15) is 0 Å². The lowest BCUT2D eigenvalue weighted by Crippen LogP contribution is -2.52. The summed E-state index contributed by atoms with van der Waals surface area (Å²) in [5.74, 6) is 0. The lowest BCUT2D eigenvalue weighted by Gasteiger charge is -2.42. The number of benzene rings is 1. The predicted octanol–water partition coefficient (Wildman–Crippen LogP) is 2.75. The Morgan fingerprint density at radius 2 is 1.65 bits per heavy atom. The first-order chi connectivity index (χ1) is 9.49. The fourth-order valence-electron chi connectivity index (χ4n) is 3.07. The van der Waals surface area contributed by atoms with Crippen LogP contribution >= 0.6 is 11.6 Å². The van der Waals surface area contributed by atoms with Gasteiger partial charge in [0.2, 0.25) is 0 Å². The zero-order valence-electron chi connectivity index (χ0n) is 12.7. The zero-order chi connectivity index (χ0) is 14.7. The number of piperazine rings is 1. The number of nitrogens with zero attached hydrogens (tertiary/aromatic N) is 2. The van der Waals surface area contributed by atoms with Crippen LogP contribution in [0.25, 0.3) is 0 Å². The quantitative estimate of drug-likeness (QED) is 0.927. The summed E-state index contributed by atoms with van der Waals surface area (Å²) in [4.78, 5) is 5.02. The summed E-state index contributed by atoms with van der Waals surface area (Å²) in [6.45, 7) is 11.0. The van der Waals surface area contributed by atoms with Crippen LogP contribution in [0.5, 0.6) is 0 Å². The van der Waals surface area contributed by atoms with E-state index in [1.807, 2.05) is 18.2 Å². The van der Waals surface area contributed by atoms with Gasteiger partial charge in [0.1, 0.15) is 0 Å². The number of hydrogen-bond donors (Lipinski definition) is 1. The van der Waals surface area contributed by atoms with E-state index < -0.39 is 0 Å². The van der Waals surface area contributed by atoms with E-state index in [1.165, 1.54) is 5.56 Å². The second-order valence-corrected chi connectivity index (χ2v) is 6.46. The van der Waals surface area contributed by atoms with Gasteiger partial charge in [-0.1, -0.05) is 23.7 Å². The van der Waals surface area contributed by atoms with Gasteiger partial charge in [0.05, 0.1) is 0 Å². The minimum Gasteiger partial charge on any atom is -0.326 e. The molecule has 1 heterocycles. The van der Waals surface area contributed by atoms with Crippen molar-refractivity contribution in [1.82, 2.24) is 9.80 Å². The Morgan fingerprint density at radius 3 is 2.15 bits per heavy atom. The molecule has 4 heteroatoms. The molecule has 2 rings (SSSR count). The number of halogens is 1. The third-order valence-electron chi connectivity index (χ3n) is 4.16. The molecular weight excluding hydrogens is 270 g/mol. The first-order valence-electron chi connectivity index (χ1n) is 7.48. The normalized spacial score (nSPS) is 21.1. The molecule has 2 unspecified atom stereocenters. The largest absolute Gasteiger partial charge is 0.326 e. The van der Waals surface area contributed by atoms with Crippen LogP contribution in [0, 0.1) is 0 Å². The molecule has 0 bridgehead atoms. The molecule has 0 aromatic heterocycles. The van der Waals surface area contributed by atoms with E-state index >= 15 is 0 Å². The molecule has 3 nitrogen and oxygen atoms in total. The Kier molecular flexibility index (Phi) is 5.44. The van der Waals surface area contributed by atoms with Crippen LogP contribution < -0.4 is 5.73 Å². The van der Waals surface area contributed by atoms with Crippen molar-refractivity contribution in [3.05, 3.63) is 34.9 Å². The van der Waals surface area contributed by atoms with Gasteiger partial charge in [0, 0.05) is 49.3 Å². The molecule has 0 amide bonds. The van der Waals surface area contributed by atoms with Gasteiger partial charge in [0.25, 0.3) is 0 Å². The number of hydrogen-bond acceptors (Lipinski definition) is 3. The summed E-state index contributed by atoms with van der Waals surface area (Å²) in [7, 11) is 0. The van der Waals surface area contributed by atoms with Crippen molar-refractivity contribution in [2.24, 2.45) is 5.73 Å². The van der Waals surface area contributed by atoms with E-state index in [0.717, 1.165) is 31.2 Å². The molecule has 1 fully saturated rings. The van der Waals surface area contributed by atoms with Gasteiger partial charge in [-0.05, 0) is 38.5 Å². The standard InChI is InChI=1S/C16H26ClN3/c1-12(2)19-7-9-20(10-8-19)16(13(3)18)14-5-4-6-15(17)11-14/h4-6,11-13,16H,7-10,18H2,1-3H3. The van der Waals surface area contributed by atoms with Crippen molar-refractivity contribution in [3.8, 4) is 0 Å². The molecule has 20 heavy (non-hydrogen) atoms. The van der Waals surface area contributed by atoms with Crippen LogP contribution in [0.1, 0.15) is 32.4 Å². The Bertz CT molecular complexity index is 425. The fourth-order valence-corrected chi connectivity index (χ4v) is 3.27. The molecule has 2 N–H and O–H groups in total. The third-order valence-corrected chi connectivity index (χ3v) is 4.40. The van der Waals surface area contributed by atoms with E-state index in [2.05, 4.69) is 36.6 Å². The van der Waals surface area contributed by atoms with Crippen molar-refractivity contribution in [2.75, 3.05) is 26.2 Å². The molecule has 1 aliphatic heterocycles. The van der Waals surface area contributed by atoms with Crippen LogP contribution in [-0.2, 0) is 0 Å². The topological polar surface area (TPSA) is 32.5 Å². The smallest absolute Gasteiger partial charge is 0.0498 e. The summed E-state index contributed by atoms with van der Waals surface area (Å²) < 4.78 is 0. The first-order valence-corrected chi connectivity index (χ1v) is 7.86. The average Bonchev–Trinajstić information content (AvgIpc) is 2.39. The fraction of sp³-hybridized carbons (Fsp3) is 0.625. The van der Waals surface area contributed by atoms with Gasteiger partial charge in [0.15, 0.2) is 0 Å². The summed E-state index contributed by atoms with van der Waals surface area (Å²) in [5.41, 5.74) is 7.47. The van der Waals surface area contributed by atoms with Crippen LogP contribution in [-0.4, -0.2) is 48.1 Å². The molecule has 1 aliphatic rings. The SMILES string of the molecule is CC(N)C(c1cccc(Cl)c1)N1CCN(C(C)C)CC1. The van der Waals surface area contributed by atoms with Crippen LogP contribution in [0.15, 0.2) is 24.3 Å². The van der Waals surface area contributed by atoms with Gasteiger partial charge in [-0.3, -0.25) is 9.80 Å². The minimum absolute atomic E-state index is 0.0964. The Hall–Kier alpha value is -0.610. The maximum atomic E-state index is 6.25. The highest BCUT2D eigenvalue weighted by atomic mass is 35.5. The molecule has 112 valence electrons. The summed E-state index contributed by atoms with van der Waals surface area (Å²) in [6.07, 6.45) is 0. The van der Waals surface area contributed by atoms with E-state index in [1.54, 1.807) is 0 Å². The Labute approximate surface area is 127 Å². The van der Waals surface area contributed by atoms with Gasteiger partial charge >= 0.3 is 0 Å². The molecule has 0 aliphatic carbocycles. The summed E-state index contributed by atoms with van der Waals surface area (Å²) >= 11 is 6.13. The Balaban J connectivity index is 2.11. The lowest BCUT2D eigenvalue weighted by atomic mass is 9.98. The van der Waals surface area contributed by atoms with E-state index in [0.29, 0.717) is 6.04 Å². The lowest BCUT2D eigenvalue weighted by molar-refractivity contribution is 0.0705. The van der Waals surface area contributed by atoms with Gasteiger partial charge in [-0.25, -0.2) is 0 Å². The molecule has 1 saturated heterocycles. The molecule has 1 aromatic rings. The highest BCUT2D eigenvalue weighted by Crippen LogP contribution is 2.27. The molecular formula is C16H26ClN3. The second-order valence-electron chi connectivity index (χ2n) is 6.02. The molecule has 1 aromatic carbocycles. The monoisotopic (exact) mass is 295 g/mol. The van der Waals surface area contributed by atoms with E-state index in [4.69, 9.17) is 17.3 Å². The van der Waals surface area contributed by atoms with E-state index in [-0.39, 0.29) is 12.1 Å². The molecule has 2 atom stereocenters. The predicted molar refractivity (Wildman–Crippen MR) is 86.1 cm³/mol. The molecule has 0 radical (unpaired) electrons. The van der Waals surface area contributed by atoms with Gasteiger partial charge < -0.3 is 5.73 Å². The average molecular weight is 296 g/mol. The maximum Gasteiger partial charge on any atom is 0.0498 e.